The van der Waals surface area contributed by atoms with E-state index in [9.17, 15) is 9.59 Å². The molecule has 3 N–H and O–H groups in total. The van der Waals surface area contributed by atoms with Gasteiger partial charge in [0.05, 0.1) is 11.4 Å². The van der Waals surface area contributed by atoms with Crippen LogP contribution in [0, 0.1) is 0 Å². The molecule has 3 rings (SSSR count). The van der Waals surface area contributed by atoms with Crippen LogP contribution in [0.1, 0.15) is 22.3 Å². The molecule has 24 heavy (non-hydrogen) atoms. The molecule has 2 aromatic rings. The van der Waals surface area contributed by atoms with Crippen molar-refractivity contribution < 1.29 is 14.8 Å². The van der Waals surface area contributed by atoms with Crippen LogP contribution in [-0.2, 0) is 11.3 Å². The fraction of sp³-hybridized carbons (Fsp3) is 0.176. The van der Waals surface area contributed by atoms with E-state index in [1.807, 2.05) is 18.2 Å². The smallest absolute Gasteiger partial charge is 0.274 e. The Labute approximate surface area is 144 Å². The highest BCUT2D eigenvalue weighted by Gasteiger charge is 2.19. The molecule has 2 aromatic carbocycles. The zero-order valence-electron chi connectivity index (χ0n) is 12.8. The molecule has 0 unspecified atom stereocenters. The van der Waals surface area contributed by atoms with E-state index >= 15 is 0 Å². The molecule has 6 nitrogen and oxygen atoms in total. The van der Waals surface area contributed by atoms with Gasteiger partial charge in [-0.2, -0.15) is 0 Å². The average molecular weight is 346 g/mol. The average Bonchev–Trinajstić information content (AvgIpc) is 2.73. The number of rotatable bonds is 3. The summed E-state index contributed by atoms with van der Waals surface area (Å²) in [7, 11) is 0. The van der Waals surface area contributed by atoms with Crippen LogP contribution in [0.25, 0.3) is 0 Å². The molecule has 2 amide bonds. The zero-order valence-corrected chi connectivity index (χ0v) is 13.5. The fourth-order valence-corrected chi connectivity index (χ4v) is 2.84. The lowest BCUT2D eigenvalue weighted by atomic mass is 10.1. The summed E-state index contributed by atoms with van der Waals surface area (Å²) in [5, 5.41) is 12.1. The van der Waals surface area contributed by atoms with Crippen LogP contribution in [0.15, 0.2) is 42.5 Å². The second-order valence-corrected chi connectivity index (χ2v) is 5.96. The minimum atomic E-state index is -0.550. The quantitative estimate of drug-likeness (QED) is 0.590. The highest BCUT2D eigenvalue weighted by Crippen LogP contribution is 2.32. The molecule has 0 atom stereocenters. The Hall–Kier alpha value is -2.57. The van der Waals surface area contributed by atoms with Gasteiger partial charge in [0, 0.05) is 30.1 Å². The lowest BCUT2D eigenvalue weighted by Crippen LogP contribution is -2.24. The van der Waals surface area contributed by atoms with Crippen molar-refractivity contribution in [2.45, 2.75) is 13.0 Å². The number of fused-ring (bicyclic) bond motifs is 1. The molecule has 0 spiro atoms. The van der Waals surface area contributed by atoms with Gasteiger partial charge in [0.15, 0.2) is 0 Å². The Kier molecular flexibility index (Phi) is 4.69. The first kappa shape index (κ1) is 16.3. The van der Waals surface area contributed by atoms with Gasteiger partial charge < -0.3 is 10.2 Å². The fourth-order valence-electron chi connectivity index (χ4n) is 2.66. The molecule has 0 aliphatic carbocycles. The predicted octanol–water partition coefficient (Wildman–Crippen LogP) is 2.81. The molecule has 7 heteroatoms. The van der Waals surface area contributed by atoms with Gasteiger partial charge in [-0.05, 0) is 35.9 Å². The highest BCUT2D eigenvalue weighted by atomic mass is 35.5. The first-order valence-electron chi connectivity index (χ1n) is 7.44. The van der Waals surface area contributed by atoms with Crippen molar-refractivity contribution in [3.05, 3.63) is 58.6 Å². The summed E-state index contributed by atoms with van der Waals surface area (Å²) < 4.78 is 0. The van der Waals surface area contributed by atoms with Crippen molar-refractivity contribution in [2.75, 3.05) is 16.8 Å². The number of halogens is 1. The number of carbonyl (C=O) groups excluding carboxylic acids is 2. The summed E-state index contributed by atoms with van der Waals surface area (Å²) in [5.74, 6) is -0.595. The number of nitrogens with one attached hydrogen (secondary N) is 2. The van der Waals surface area contributed by atoms with Crippen LogP contribution >= 0.6 is 11.6 Å². The minimum Gasteiger partial charge on any atom is -0.365 e. The maximum Gasteiger partial charge on any atom is 0.274 e. The third-order valence-corrected chi connectivity index (χ3v) is 4.11. The molecule has 0 bridgehead atoms. The summed E-state index contributed by atoms with van der Waals surface area (Å²) in [4.78, 5) is 25.3. The number of hydrogen-bond donors (Lipinski definition) is 3. The highest BCUT2D eigenvalue weighted by molar-refractivity contribution is 6.31. The zero-order chi connectivity index (χ0) is 17.1. The molecule has 1 heterocycles. The third-order valence-electron chi connectivity index (χ3n) is 3.87. The van der Waals surface area contributed by atoms with Gasteiger partial charge in [-0.15, -0.1) is 0 Å². The number of anilines is 2. The van der Waals surface area contributed by atoms with E-state index in [1.165, 1.54) is 0 Å². The minimum absolute atomic E-state index is 0.0454. The molecule has 0 saturated carbocycles. The number of benzene rings is 2. The van der Waals surface area contributed by atoms with E-state index in [2.05, 4.69) is 10.2 Å². The van der Waals surface area contributed by atoms with Crippen molar-refractivity contribution in [2.24, 2.45) is 0 Å². The first-order valence-corrected chi connectivity index (χ1v) is 7.82. The van der Waals surface area contributed by atoms with E-state index < -0.39 is 5.91 Å². The Bertz CT molecular complexity index is 777. The van der Waals surface area contributed by atoms with Crippen LogP contribution in [0.2, 0.25) is 5.02 Å². The van der Waals surface area contributed by atoms with Gasteiger partial charge >= 0.3 is 0 Å². The molecule has 1 aliphatic rings. The van der Waals surface area contributed by atoms with Crippen molar-refractivity contribution >= 4 is 34.8 Å². The summed E-state index contributed by atoms with van der Waals surface area (Å²) in [5.41, 5.74) is 4.57. The van der Waals surface area contributed by atoms with Crippen LogP contribution < -0.4 is 15.7 Å². The second kappa shape index (κ2) is 6.90. The molecule has 124 valence electrons. The van der Waals surface area contributed by atoms with Gasteiger partial charge in [0.1, 0.15) is 0 Å². The number of hydroxylamine groups is 1. The van der Waals surface area contributed by atoms with Gasteiger partial charge in [-0.25, -0.2) is 5.48 Å². The predicted molar refractivity (Wildman–Crippen MR) is 91.4 cm³/mol. The van der Waals surface area contributed by atoms with Crippen LogP contribution in [0.5, 0.6) is 0 Å². The summed E-state index contributed by atoms with van der Waals surface area (Å²) in [6.07, 6.45) is 0.386. The maximum atomic E-state index is 11.9. The van der Waals surface area contributed by atoms with Crippen LogP contribution in [0.4, 0.5) is 11.4 Å². The van der Waals surface area contributed by atoms with E-state index in [0.717, 1.165) is 11.3 Å². The molecule has 0 fully saturated rings. The van der Waals surface area contributed by atoms with Crippen molar-refractivity contribution in [1.82, 2.24) is 5.48 Å². The Balaban J connectivity index is 1.84. The van der Waals surface area contributed by atoms with E-state index in [0.29, 0.717) is 35.8 Å². The van der Waals surface area contributed by atoms with Crippen molar-refractivity contribution in [3.63, 3.8) is 0 Å². The normalized spacial score (nSPS) is 13.8. The standard InChI is InChI=1S/C17H16ClN3O3/c18-13-5-6-15-14(9-13)19-16(22)7-8-21(15)10-11-1-3-12(4-2-11)17(23)20-24/h1-6,9,24H,7-8,10H2,(H,19,22)(H,20,23). The Morgan fingerprint density at radius 1 is 1.25 bits per heavy atom. The Morgan fingerprint density at radius 3 is 2.71 bits per heavy atom. The topological polar surface area (TPSA) is 81.7 Å². The Morgan fingerprint density at radius 2 is 2.00 bits per heavy atom. The van der Waals surface area contributed by atoms with Crippen LogP contribution in [0.3, 0.4) is 0 Å². The molecular formula is C17H16ClN3O3. The first-order chi connectivity index (χ1) is 11.6. The van der Waals surface area contributed by atoms with Crippen LogP contribution in [-0.4, -0.2) is 23.6 Å². The summed E-state index contributed by atoms with van der Waals surface area (Å²) in [6.45, 7) is 1.17. The van der Waals surface area contributed by atoms with Crippen molar-refractivity contribution in [1.29, 1.82) is 0 Å². The van der Waals surface area contributed by atoms with Crippen molar-refractivity contribution in [3.8, 4) is 0 Å². The molecule has 1 aliphatic heterocycles. The number of hydrogen-bond acceptors (Lipinski definition) is 4. The van der Waals surface area contributed by atoms with E-state index in [4.69, 9.17) is 16.8 Å². The second-order valence-electron chi connectivity index (χ2n) is 5.52. The van der Waals surface area contributed by atoms with Gasteiger partial charge in [0.25, 0.3) is 5.91 Å². The van der Waals surface area contributed by atoms with E-state index in [-0.39, 0.29) is 5.91 Å². The molecular weight excluding hydrogens is 330 g/mol. The third kappa shape index (κ3) is 3.50. The van der Waals surface area contributed by atoms with Gasteiger partial charge in [0.2, 0.25) is 5.91 Å². The lowest BCUT2D eigenvalue weighted by molar-refractivity contribution is -0.115. The maximum absolute atomic E-state index is 11.9. The largest absolute Gasteiger partial charge is 0.365 e. The molecule has 0 saturated heterocycles. The summed E-state index contributed by atoms with van der Waals surface area (Å²) >= 11 is 6.02. The monoisotopic (exact) mass is 345 g/mol. The van der Waals surface area contributed by atoms with Gasteiger partial charge in [-0.3, -0.25) is 14.8 Å². The summed E-state index contributed by atoms with van der Waals surface area (Å²) in [6, 6.07) is 12.3. The number of nitrogens with zero attached hydrogens (tertiary/aromatic N) is 1. The lowest BCUT2D eigenvalue weighted by Gasteiger charge is -2.24. The van der Waals surface area contributed by atoms with Gasteiger partial charge in [-0.1, -0.05) is 23.7 Å². The van der Waals surface area contributed by atoms with E-state index in [1.54, 1.807) is 29.7 Å². The molecule has 0 radical (unpaired) electrons. The number of amides is 2. The SMILES string of the molecule is O=C1CCN(Cc2ccc(C(=O)NO)cc2)c2ccc(Cl)cc2N1. The number of carbonyl (C=O) groups is 2. The molecule has 0 aromatic heterocycles.